The minimum Gasteiger partial charge on any atom is -0.337 e. The summed E-state index contributed by atoms with van der Waals surface area (Å²) in [7, 11) is 1.95. The molecule has 0 bridgehead atoms. The van der Waals surface area contributed by atoms with Crippen LogP contribution in [0.2, 0.25) is 0 Å². The first-order chi connectivity index (χ1) is 11.0. The van der Waals surface area contributed by atoms with Crippen molar-refractivity contribution in [1.29, 1.82) is 0 Å². The van der Waals surface area contributed by atoms with Gasteiger partial charge >= 0.3 is 0 Å². The van der Waals surface area contributed by atoms with Crippen LogP contribution >= 0.6 is 11.3 Å². The molecule has 3 rings (SSSR count). The Morgan fingerprint density at radius 2 is 2.26 bits per heavy atom. The molecule has 3 heterocycles. The van der Waals surface area contributed by atoms with Gasteiger partial charge in [-0.15, -0.1) is 21.5 Å². The number of carbonyl (C=O) groups excluding carboxylic acids is 1. The van der Waals surface area contributed by atoms with E-state index in [1.807, 2.05) is 23.4 Å². The highest BCUT2D eigenvalue weighted by Crippen LogP contribution is 2.29. The SMILES string of the molecule is Cc1nc(CC(C)C)c(C(=O)N2CCC(c3nncn3C)C2)s1. The number of hydrogen-bond acceptors (Lipinski definition) is 5. The van der Waals surface area contributed by atoms with Crippen molar-refractivity contribution in [2.45, 2.75) is 39.5 Å². The Kier molecular flexibility index (Phi) is 4.48. The molecule has 1 amide bonds. The van der Waals surface area contributed by atoms with Crippen LogP contribution in [0.3, 0.4) is 0 Å². The summed E-state index contributed by atoms with van der Waals surface area (Å²) < 4.78 is 1.94. The molecule has 1 unspecified atom stereocenters. The Bertz CT molecular complexity index is 705. The first-order valence-corrected chi connectivity index (χ1v) is 8.86. The number of rotatable bonds is 4. The summed E-state index contributed by atoms with van der Waals surface area (Å²) in [4.78, 5) is 20.2. The maximum Gasteiger partial charge on any atom is 0.265 e. The first kappa shape index (κ1) is 16.1. The summed E-state index contributed by atoms with van der Waals surface area (Å²) in [5.41, 5.74) is 0.953. The van der Waals surface area contributed by atoms with Gasteiger partial charge in [0.05, 0.1) is 10.7 Å². The van der Waals surface area contributed by atoms with Gasteiger partial charge in [-0.1, -0.05) is 13.8 Å². The van der Waals surface area contributed by atoms with Crippen LogP contribution < -0.4 is 0 Å². The normalized spacial score (nSPS) is 18.1. The second-order valence-corrected chi connectivity index (χ2v) is 7.85. The van der Waals surface area contributed by atoms with E-state index >= 15 is 0 Å². The van der Waals surface area contributed by atoms with Gasteiger partial charge in [-0.3, -0.25) is 4.79 Å². The molecule has 1 aliphatic rings. The largest absolute Gasteiger partial charge is 0.337 e. The molecule has 0 aromatic carbocycles. The number of aryl methyl sites for hydroxylation is 2. The molecule has 23 heavy (non-hydrogen) atoms. The zero-order valence-electron chi connectivity index (χ0n) is 14.1. The average Bonchev–Trinajstić information content (AvgIpc) is 3.17. The molecule has 0 aliphatic carbocycles. The number of likely N-dealkylation sites (tertiary alicyclic amines) is 1. The molecule has 6 nitrogen and oxygen atoms in total. The molecule has 1 fully saturated rings. The second kappa shape index (κ2) is 6.39. The van der Waals surface area contributed by atoms with Gasteiger partial charge in [-0.05, 0) is 25.7 Å². The van der Waals surface area contributed by atoms with E-state index in [-0.39, 0.29) is 11.8 Å². The first-order valence-electron chi connectivity index (χ1n) is 8.05. The predicted molar refractivity (Wildman–Crippen MR) is 89.7 cm³/mol. The summed E-state index contributed by atoms with van der Waals surface area (Å²) >= 11 is 1.52. The molecule has 2 aromatic rings. The summed E-state index contributed by atoms with van der Waals surface area (Å²) in [6.07, 6.45) is 3.51. The third kappa shape index (κ3) is 3.29. The lowest BCUT2D eigenvalue weighted by Crippen LogP contribution is -2.29. The van der Waals surface area contributed by atoms with E-state index < -0.39 is 0 Å². The quantitative estimate of drug-likeness (QED) is 0.862. The maximum absolute atomic E-state index is 12.9. The van der Waals surface area contributed by atoms with Crippen LogP contribution in [0.25, 0.3) is 0 Å². The third-order valence-corrected chi connectivity index (χ3v) is 5.19. The van der Waals surface area contributed by atoms with E-state index in [1.54, 1.807) is 6.33 Å². The molecule has 0 saturated carbocycles. The Morgan fingerprint density at radius 1 is 1.48 bits per heavy atom. The predicted octanol–water partition coefficient (Wildman–Crippen LogP) is 2.41. The van der Waals surface area contributed by atoms with Crippen molar-refractivity contribution in [2.75, 3.05) is 13.1 Å². The molecule has 1 aliphatic heterocycles. The molecule has 2 aromatic heterocycles. The van der Waals surface area contributed by atoms with Crippen molar-refractivity contribution in [2.24, 2.45) is 13.0 Å². The maximum atomic E-state index is 12.9. The molecule has 1 atom stereocenters. The lowest BCUT2D eigenvalue weighted by Gasteiger charge is -2.16. The summed E-state index contributed by atoms with van der Waals surface area (Å²) in [6.45, 7) is 7.77. The highest BCUT2D eigenvalue weighted by Gasteiger charge is 2.32. The van der Waals surface area contributed by atoms with Crippen LogP contribution in [0.1, 0.15) is 52.4 Å². The number of hydrogen-bond donors (Lipinski definition) is 0. The lowest BCUT2D eigenvalue weighted by atomic mass is 10.1. The van der Waals surface area contributed by atoms with Crippen LogP contribution in [0.5, 0.6) is 0 Å². The molecule has 0 N–H and O–H groups in total. The average molecular weight is 333 g/mol. The van der Waals surface area contributed by atoms with Crippen molar-refractivity contribution >= 4 is 17.2 Å². The molecule has 0 spiro atoms. The summed E-state index contributed by atoms with van der Waals surface area (Å²) in [5.74, 6) is 1.85. The zero-order valence-corrected chi connectivity index (χ0v) is 14.9. The molecule has 0 radical (unpaired) electrons. The molecular weight excluding hydrogens is 310 g/mol. The highest BCUT2D eigenvalue weighted by atomic mass is 32.1. The van der Waals surface area contributed by atoms with Gasteiger partial charge in [0, 0.05) is 26.1 Å². The summed E-state index contributed by atoms with van der Waals surface area (Å²) in [6, 6.07) is 0. The van der Waals surface area contributed by atoms with Crippen LogP contribution in [-0.4, -0.2) is 43.6 Å². The van der Waals surface area contributed by atoms with Crippen molar-refractivity contribution in [1.82, 2.24) is 24.6 Å². The fourth-order valence-electron chi connectivity index (χ4n) is 3.12. The van der Waals surface area contributed by atoms with Gasteiger partial charge < -0.3 is 9.47 Å². The van der Waals surface area contributed by atoms with E-state index in [0.29, 0.717) is 12.5 Å². The van der Waals surface area contributed by atoms with Gasteiger partial charge in [-0.2, -0.15) is 0 Å². The summed E-state index contributed by atoms with van der Waals surface area (Å²) in [5, 5.41) is 9.10. The van der Waals surface area contributed by atoms with Crippen molar-refractivity contribution in [3.05, 3.63) is 27.7 Å². The van der Waals surface area contributed by atoms with Crippen molar-refractivity contribution < 1.29 is 4.79 Å². The molecule has 7 heteroatoms. The topological polar surface area (TPSA) is 63.9 Å². The van der Waals surface area contributed by atoms with Gasteiger partial charge in [0.15, 0.2) is 0 Å². The Hall–Kier alpha value is -1.76. The molecule has 1 saturated heterocycles. The van der Waals surface area contributed by atoms with Crippen LogP contribution in [-0.2, 0) is 13.5 Å². The van der Waals surface area contributed by atoms with E-state index in [2.05, 4.69) is 29.0 Å². The van der Waals surface area contributed by atoms with E-state index in [9.17, 15) is 4.79 Å². The second-order valence-electron chi connectivity index (χ2n) is 6.64. The third-order valence-electron chi connectivity index (χ3n) is 4.19. The minimum absolute atomic E-state index is 0.121. The Balaban J connectivity index is 1.76. The van der Waals surface area contributed by atoms with Gasteiger partial charge in [0.25, 0.3) is 5.91 Å². The zero-order chi connectivity index (χ0) is 16.6. The van der Waals surface area contributed by atoms with Crippen LogP contribution in [0.15, 0.2) is 6.33 Å². The Morgan fingerprint density at radius 3 is 2.91 bits per heavy atom. The fraction of sp³-hybridized carbons (Fsp3) is 0.625. The fourth-order valence-corrected chi connectivity index (χ4v) is 4.04. The van der Waals surface area contributed by atoms with E-state index in [0.717, 1.165) is 40.8 Å². The highest BCUT2D eigenvalue weighted by molar-refractivity contribution is 7.13. The number of nitrogens with zero attached hydrogens (tertiary/aromatic N) is 5. The number of carbonyl (C=O) groups is 1. The van der Waals surface area contributed by atoms with Gasteiger partial charge in [0.2, 0.25) is 0 Å². The van der Waals surface area contributed by atoms with E-state index in [1.165, 1.54) is 11.3 Å². The monoisotopic (exact) mass is 333 g/mol. The number of aromatic nitrogens is 4. The van der Waals surface area contributed by atoms with Gasteiger partial charge in [0.1, 0.15) is 17.0 Å². The van der Waals surface area contributed by atoms with Crippen LogP contribution in [0.4, 0.5) is 0 Å². The van der Waals surface area contributed by atoms with Gasteiger partial charge in [-0.25, -0.2) is 4.98 Å². The van der Waals surface area contributed by atoms with Crippen molar-refractivity contribution in [3.8, 4) is 0 Å². The van der Waals surface area contributed by atoms with Crippen LogP contribution in [0, 0.1) is 12.8 Å². The molecular formula is C16H23N5OS. The smallest absolute Gasteiger partial charge is 0.265 e. The van der Waals surface area contributed by atoms with E-state index in [4.69, 9.17) is 0 Å². The molecule has 124 valence electrons. The lowest BCUT2D eigenvalue weighted by molar-refractivity contribution is 0.0793. The van der Waals surface area contributed by atoms with Crippen molar-refractivity contribution in [3.63, 3.8) is 0 Å². The number of thiazole rings is 1. The Labute approximate surface area is 140 Å². The standard InChI is InChI=1S/C16H23N5OS/c1-10(2)7-13-14(23-11(3)18-13)16(22)21-6-5-12(8-21)15-19-17-9-20(15)4/h9-10,12H,5-8H2,1-4H3. The number of amides is 1. The minimum atomic E-state index is 0.121.